The summed E-state index contributed by atoms with van der Waals surface area (Å²) >= 11 is 18.5. The molecule has 137 heavy (non-hydrogen) atoms. The lowest BCUT2D eigenvalue weighted by Gasteiger charge is -2.29. The number of hydrogen-bond acceptors (Lipinski definition) is 30. The quantitative estimate of drug-likeness (QED) is 0.00345. The third kappa shape index (κ3) is 28.3. The number of carbonyl (C=O) groups is 3. The number of fused-ring (bicyclic) bond motifs is 3. The minimum atomic E-state index is -3.26. The first-order chi connectivity index (χ1) is 65.0. The van der Waals surface area contributed by atoms with Gasteiger partial charge >= 0.3 is 14.2 Å². The molecule has 5 saturated carbocycles. The fraction of sp³-hybridized carbons (Fsp3) is 0.489. The van der Waals surface area contributed by atoms with E-state index in [0.29, 0.717) is 55.2 Å². The molecule has 5 aliphatic rings. The summed E-state index contributed by atoms with van der Waals surface area (Å²) in [7, 11) is 0.0549. The second-order valence-corrected chi connectivity index (χ2v) is 34.0. The number of amides is 1. The number of imidazole rings is 3. The second kappa shape index (κ2) is 54.3. The van der Waals surface area contributed by atoms with Gasteiger partial charge in [0.2, 0.25) is 5.91 Å². The average molecular weight is 2000 g/mol. The number of aliphatic hydroxyl groups excluding tert-OH is 6. The Morgan fingerprint density at radius 1 is 0.584 bits per heavy atom. The Hall–Kier alpha value is -11.2. The van der Waals surface area contributed by atoms with E-state index in [0.717, 1.165) is 34.7 Å². The molecule has 14 N–H and O–H groups in total. The zero-order chi connectivity index (χ0) is 99.9. The van der Waals surface area contributed by atoms with Crippen LogP contribution in [0.4, 0.5) is 27.6 Å². The number of methoxy groups -OCH3 is 2. The Bertz CT molecular complexity index is 5650. The van der Waals surface area contributed by atoms with Crippen LogP contribution in [0.25, 0.3) is 33.5 Å². The summed E-state index contributed by atoms with van der Waals surface area (Å²) in [5, 5.41) is 69.5. The summed E-state index contributed by atoms with van der Waals surface area (Å²) in [6, 6.07) is 27.9. The lowest BCUT2D eigenvalue weighted by Crippen LogP contribution is -2.43. The third-order valence-corrected chi connectivity index (χ3v) is 25.2. The van der Waals surface area contributed by atoms with E-state index in [9.17, 15) is 85.6 Å². The molecule has 0 radical (unpaired) electrons. The molecule has 1 unspecified atom stereocenters. The van der Waals surface area contributed by atoms with Crippen LogP contribution in [0.1, 0.15) is 157 Å². The number of aldehydes is 1. The van der Waals surface area contributed by atoms with Gasteiger partial charge in [0.15, 0.2) is 45.7 Å². The largest absolute Gasteiger partial charge is 0.566 e. The molecule has 0 bridgehead atoms. The van der Waals surface area contributed by atoms with Gasteiger partial charge in [-0.2, -0.15) is 0 Å². The minimum Gasteiger partial charge on any atom is -0.566 e. The number of nitrogens with one attached hydrogen (secondary N) is 4. The zero-order valence-corrected chi connectivity index (χ0v) is 78.4. The van der Waals surface area contributed by atoms with Gasteiger partial charge in [-0.1, -0.05) is 146 Å². The fourth-order valence-electron chi connectivity index (χ4n) is 16.0. The highest BCUT2D eigenvalue weighted by Crippen LogP contribution is 2.47. The molecule has 11 aromatic rings. The number of nitro groups is 1. The number of nitro benzene ring substituents is 1. The summed E-state index contributed by atoms with van der Waals surface area (Å²) in [6.07, 6.45) is 2.66. The predicted octanol–water partition coefficient (Wildman–Crippen LogP) is 10.2. The summed E-state index contributed by atoms with van der Waals surface area (Å²) in [6.45, 7) is 11.1. The number of H-pyrrole nitrogens is 3. The van der Waals surface area contributed by atoms with E-state index < -0.39 is 146 Å². The Labute approximate surface area is 799 Å². The molecule has 21 atom stereocenters. The maximum atomic E-state index is 14.5. The number of aromatic nitrogens is 14. The van der Waals surface area contributed by atoms with Crippen LogP contribution in [-0.4, -0.2) is 236 Å². The van der Waals surface area contributed by atoms with Gasteiger partial charge in [-0.3, -0.25) is 29.3 Å². The highest BCUT2D eigenvalue weighted by molar-refractivity contribution is 7.30. The molecule has 0 aliphatic heterocycles. The number of aliphatic hydroxyl groups is 6. The maximum Gasteiger partial charge on any atom is 0.488 e. The van der Waals surface area contributed by atoms with E-state index in [4.69, 9.17) is 75.8 Å². The molecule has 0 saturated heterocycles. The number of esters is 1. The first kappa shape index (κ1) is 113. The molecule has 1 amide bonds. The van der Waals surface area contributed by atoms with Crippen LogP contribution in [0, 0.1) is 39.7 Å². The smallest absolute Gasteiger partial charge is 0.488 e. The van der Waals surface area contributed by atoms with Gasteiger partial charge in [0.25, 0.3) is 22.4 Å². The van der Waals surface area contributed by atoms with Gasteiger partial charge in [-0.15, -0.1) is 16.1 Å². The summed E-state index contributed by atoms with van der Waals surface area (Å²) in [5.41, 5.74) is 13.7. The molecule has 16 rings (SSSR count). The maximum absolute atomic E-state index is 14.5. The molecule has 746 valence electrons. The van der Waals surface area contributed by atoms with Crippen molar-refractivity contribution in [2.75, 3.05) is 40.6 Å². The number of benzene rings is 4. The van der Waals surface area contributed by atoms with Crippen molar-refractivity contribution < 1.29 is 100 Å². The lowest BCUT2D eigenvalue weighted by molar-refractivity contribution is -0.384. The minimum absolute atomic E-state index is 0. The highest BCUT2D eigenvalue weighted by Gasteiger charge is 2.51. The van der Waals surface area contributed by atoms with E-state index in [1.165, 1.54) is 97.5 Å². The van der Waals surface area contributed by atoms with Crippen molar-refractivity contribution in [1.29, 1.82) is 0 Å². The number of halogens is 8. The van der Waals surface area contributed by atoms with E-state index in [1.807, 2.05) is 99.6 Å². The van der Waals surface area contributed by atoms with E-state index >= 15 is 0 Å². The number of aromatic amines is 3. The van der Waals surface area contributed by atoms with Gasteiger partial charge < -0.3 is 100.0 Å². The third-order valence-electron chi connectivity index (χ3n) is 23.5. The average Bonchev–Trinajstić information content (AvgIpc) is 1.72. The fourth-order valence-corrected chi connectivity index (χ4v) is 17.3. The molecule has 7 aromatic heterocycles. The zero-order valence-electron chi connectivity index (χ0n) is 75.3. The van der Waals surface area contributed by atoms with Crippen molar-refractivity contribution in [3.05, 3.63) is 227 Å². The monoisotopic (exact) mass is 2000 g/mol. The molecule has 5 aliphatic carbocycles. The summed E-state index contributed by atoms with van der Waals surface area (Å²) in [4.78, 5) is 127. The summed E-state index contributed by atoms with van der Waals surface area (Å²) in [5.74, 6) is -1.78. The number of unbranched alkanes of at least 4 members (excludes halogenated alkanes) is 1. The predicted molar refractivity (Wildman–Crippen MR) is 499 cm³/mol. The topological polar surface area (TPSA) is 573 Å². The van der Waals surface area contributed by atoms with Crippen LogP contribution in [-0.2, 0) is 34.7 Å². The molecular formula is C90H115Cl3F5N18O20P. The summed E-state index contributed by atoms with van der Waals surface area (Å²) < 4.78 is 105. The van der Waals surface area contributed by atoms with Crippen LogP contribution in [0.2, 0.25) is 10.3 Å². The van der Waals surface area contributed by atoms with Crippen molar-refractivity contribution in [3.8, 4) is 11.5 Å². The second-order valence-electron chi connectivity index (χ2n) is 32.0. The van der Waals surface area contributed by atoms with Gasteiger partial charge in [0.05, 0.1) is 86.8 Å². The SMILES string of the molecule is C.CCCC.CCN.CC[C@H]1C[C@@H](NC(C)=O)[C@H](OC(=O)c2ccc([N+](=O)[O-])cc2)[C@@H]1F.CC[C@H]1C[C@@H](n2cnc3c(=O)[nH]cnc32)[C@H](O)[C@@H]1F.COc1ccc(C(Cl)(c2ccccc2)c2ccc(OC)cc2)cc1.N[C@@H]1C[C@H](CO)[C@@H](F)[C@H]1O.O=CCc1c(Cl)ncnc1Cl.O=c1[nH]cnc2c1ncn2[C@@H]1C[C@H](CO)[C@@H](F)[C@H]1O.O=c1[nH]cnc2c1ncn2[C@@H]1C[C@H](CO)[C@@H](F)[C@H]1O[P+](=O)[O-]. The number of rotatable bonds is 22. The molecule has 38 nitrogen and oxygen atoms in total. The molecule has 47 heteroatoms. The van der Waals surface area contributed by atoms with Gasteiger partial charge in [0, 0.05) is 74.7 Å². The van der Waals surface area contributed by atoms with Gasteiger partial charge in [-0.25, -0.2) is 66.6 Å². The van der Waals surface area contributed by atoms with Crippen molar-refractivity contribution in [2.45, 2.75) is 210 Å². The Kier molecular flexibility index (Phi) is 44.7. The van der Waals surface area contributed by atoms with Crippen LogP contribution < -0.4 is 47.8 Å². The molecule has 5 fully saturated rings. The molecule has 4 aromatic carbocycles. The molecule has 7 heterocycles. The molecule has 0 spiro atoms. The van der Waals surface area contributed by atoms with Crippen molar-refractivity contribution in [3.63, 3.8) is 0 Å². The standard InChI is InChI=1S/C21H19ClO2.C16H19FN2O5.C12H15FN4O2.C11H12FN4O5P.C11H13FN4O3.C6H4Cl2N2O.C6H12FNO2.C4H10.C2H7N.CH4/c1-23-19-12-8-17(9-13-19)21(22,16-6-4-3-5-7-16)18-10-14-20(24-2)15-11-18;1-3-10-8-13(18-9(2)20)15(14(10)17)24-16(21)11-4-6-12(7-5-11)19(22)23;1-2-6-3-7(10(18)8(6)13)17-5-16-9-11(17)14-4-15-12(9)19;12-7-5(2-17)1-6(9(7)21-22(19)20)16-4-15-8-10(16)13-3-14-11(8)18;12-7-5(2-17)1-6(9(7)18)16-4-15-8-10(16)13-3-14-11(8)19;7-5-4(1-2-11)6(8)10-3-9-5;7-5-3(2-9)1-4(8)6(5)10;1-3-4-2;1-2-3;/h3-15H,1-2H3;4-7,10,13-15H,3,8H2,1-2H3,(H,18,20);4-8,10,18H,2-3H2,1H3,(H,14,15,19);3-7,9,17H,1-2H2,(H,13,14,18);3-7,9,17-18H,1-2H2,(H,13,14,19);2-3H,1H2;3-6,9-10H,1-2,8H2;3-4H2,1-2H3;2-3H2,1H3;1H4/t;10-,13+,14+,15-;6-,7+,8+,10-;2*5-,6-,7-,9+;;3-,4-,5-,6+;;;/m.0011.1.../s1. The van der Waals surface area contributed by atoms with Gasteiger partial charge in [0.1, 0.15) is 88.5 Å². The van der Waals surface area contributed by atoms with E-state index in [-0.39, 0.29) is 113 Å². The Morgan fingerprint density at radius 2 is 0.971 bits per heavy atom. The first-order valence-electron chi connectivity index (χ1n) is 43.4. The van der Waals surface area contributed by atoms with Crippen molar-refractivity contribution in [1.82, 2.24) is 73.8 Å². The van der Waals surface area contributed by atoms with E-state index in [1.54, 1.807) is 18.8 Å². The number of alkyl halides is 6. The van der Waals surface area contributed by atoms with Crippen molar-refractivity contribution >= 4 is 100 Å². The number of non-ortho nitro benzene ring substituents is 1. The number of nitrogens with zero attached hydrogens (tertiary/aromatic N) is 12. The first-order valence-corrected chi connectivity index (χ1v) is 45.7. The Morgan fingerprint density at radius 3 is 1.34 bits per heavy atom. The van der Waals surface area contributed by atoms with Crippen LogP contribution in [0.15, 0.2) is 162 Å². The molecular weight excluding hydrogens is 1890 g/mol. The van der Waals surface area contributed by atoms with Gasteiger partial charge in [-0.05, 0) is 108 Å². The van der Waals surface area contributed by atoms with Crippen molar-refractivity contribution in [2.24, 2.45) is 41.1 Å². The Balaban J connectivity index is 0.000000218. The normalized spacial score (nSPS) is 24.4. The van der Waals surface area contributed by atoms with Crippen LogP contribution in [0.3, 0.4) is 0 Å². The lowest BCUT2D eigenvalue weighted by atomic mass is 9.84. The number of nitrogens with two attached hydrogens (primary N) is 2. The number of hydrogen-bond donors (Lipinski definition) is 12. The van der Waals surface area contributed by atoms with Crippen LogP contribution in [0.5, 0.6) is 11.5 Å². The van der Waals surface area contributed by atoms with E-state index in [2.05, 4.69) is 78.5 Å². The number of carbonyl (C=O) groups excluding carboxylic acids is 3. The number of ether oxygens (including phenoxy) is 3. The highest BCUT2D eigenvalue weighted by atomic mass is 35.5. The van der Waals surface area contributed by atoms with Crippen LogP contribution >= 0.6 is 43.1 Å².